The van der Waals surface area contributed by atoms with Gasteiger partial charge in [-0.05, 0) is 12.1 Å². The normalized spacial score (nSPS) is 12.4. The first-order valence-electron chi connectivity index (χ1n) is 4.33. The van der Waals surface area contributed by atoms with Crippen LogP contribution in [0.1, 0.15) is 17.5 Å². The van der Waals surface area contributed by atoms with Gasteiger partial charge in [0.1, 0.15) is 6.10 Å². The van der Waals surface area contributed by atoms with Crippen LogP contribution in [0.25, 0.3) is 0 Å². The Morgan fingerprint density at radius 2 is 2.07 bits per heavy atom. The molecule has 0 spiro atoms. The van der Waals surface area contributed by atoms with E-state index in [1.807, 2.05) is 0 Å². The molecule has 0 aliphatic carbocycles. The first kappa shape index (κ1) is 10.0. The molecular formula is C10H8ClN3O. The Morgan fingerprint density at radius 1 is 1.20 bits per heavy atom. The van der Waals surface area contributed by atoms with Crippen molar-refractivity contribution in [3.05, 3.63) is 53.3 Å². The lowest BCUT2D eigenvalue weighted by Crippen LogP contribution is -2.05. The number of aliphatic hydroxyl groups excluding tert-OH is 1. The molecule has 2 aromatic heterocycles. The maximum Gasteiger partial charge on any atom is 0.141 e. The van der Waals surface area contributed by atoms with E-state index in [9.17, 15) is 5.11 Å². The van der Waals surface area contributed by atoms with Gasteiger partial charge in [-0.15, -0.1) is 0 Å². The van der Waals surface area contributed by atoms with Crippen LogP contribution in [0.3, 0.4) is 0 Å². The topological polar surface area (TPSA) is 58.9 Å². The number of halogens is 1. The minimum Gasteiger partial charge on any atom is -0.380 e. The second-order valence-electron chi connectivity index (χ2n) is 2.90. The van der Waals surface area contributed by atoms with Crippen molar-refractivity contribution in [2.45, 2.75) is 6.10 Å². The molecule has 0 saturated heterocycles. The van der Waals surface area contributed by atoms with Gasteiger partial charge < -0.3 is 5.11 Å². The second-order valence-corrected chi connectivity index (χ2v) is 3.31. The molecule has 0 radical (unpaired) electrons. The van der Waals surface area contributed by atoms with E-state index in [2.05, 4.69) is 15.0 Å². The molecule has 0 aliphatic heterocycles. The fourth-order valence-corrected chi connectivity index (χ4v) is 1.42. The SMILES string of the molecule is OC(c1cnccn1)c1ncccc1Cl. The van der Waals surface area contributed by atoms with Gasteiger partial charge in [0, 0.05) is 18.6 Å². The molecule has 4 nitrogen and oxygen atoms in total. The average molecular weight is 222 g/mol. The Hall–Kier alpha value is -1.52. The molecule has 1 unspecified atom stereocenters. The van der Waals surface area contributed by atoms with Gasteiger partial charge in [0.25, 0.3) is 0 Å². The molecule has 1 atom stereocenters. The molecule has 0 fully saturated rings. The molecule has 0 bridgehead atoms. The molecule has 5 heteroatoms. The standard InChI is InChI=1S/C10H8ClN3O/c11-7-2-1-3-14-9(7)10(15)8-6-12-4-5-13-8/h1-6,10,15H. The van der Waals surface area contributed by atoms with Crippen molar-refractivity contribution in [3.63, 3.8) is 0 Å². The molecular weight excluding hydrogens is 214 g/mol. The number of hydrogen-bond donors (Lipinski definition) is 1. The van der Waals surface area contributed by atoms with Gasteiger partial charge in [0.05, 0.1) is 22.6 Å². The van der Waals surface area contributed by atoms with Crippen molar-refractivity contribution in [1.82, 2.24) is 15.0 Å². The Balaban J connectivity index is 2.37. The minimum atomic E-state index is -0.938. The molecule has 1 N–H and O–H groups in total. The van der Waals surface area contributed by atoms with Crippen molar-refractivity contribution in [2.24, 2.45) is 0 Å². The molecule has 0 saturated carbocycles. The smallest absolute Gasteiger partial charge is 0.141 e. The number of rotatable bonds is 2. The van der Waals surface area contributed by atoms with E-state index in [1.165, 1.54) is 18.6 Å². The highest BCUT2D eigenvalue weighted by Gasteiger charge is 2.15. The molecule has 76 valence electrons. The molecule has 15 heavy (non-hydrogen) atoms. The summed E-state index contributed by atoms with van der Waals surface area (Å²) in [5.41, 5.74) is 0.817. The number of aromatic nitrogens is 3. The third-order valence-corrected chi connectivity index (χ3v) is 2.23. The summed E-state index contributed by atoms with van der Waals surface area (Å²) >= 11 is 5.90. The summed E-state index contributed by atoms with van der Waals surface area (Å²) in [6, 6.07) is 3.37. The zero-order valence-electron chi connectivity index (χ0n) is 7.71. The third-order valence-electron chi connectivity index (χ3n) is 1.91. The molecule has 2 rings (SSSR count). The van der Waals surface area contributed by atoms with E-state index in [1.54, 1.807) is 18.3 Å². The first-order valence-corrected chi connectivity index (χ1v) is 4.71. The number of aliphatic hydroxyl groups is 1. The highest BCUT2D eigenvalue weighted by Crippen LogP contribution is 2.23. The van der Waals surface area contributed by atoms with Crippen molar-refractivity contribution < 1.29 is 5.11 Å². The van der Waals surface area contributed by atoms with Gasteiger partial charge in [0.15, 0.2) is 0 Å². The van der Waals surface area contributed by atoms with E-state index in [-0.39, 0.29) is 0 Å². The van der Waals surface area contributed by atoms with Crippen molar-refractivity contribution in [2.75, 3.05) is 0 Å². The van der Waals surface area contributed by atoms with Crippen LogP contribution in [0.2, 0.25) is 5.02 Å². The van der Waals surface area contributed by atoms with Crippen molar-refractivity contribution in [1.29, 1.82) is 0 Å². The predicted octanol–water partition coefficient (Wildman–Crippen LogP) is 1.61. The molecule has 2 aromatic rings. The maximum atomic E-state index is 9.92. The molecule has 0 aliphatic rings. The van der Waals surface area contributed by atoms with Crippen molar-refractivity contribution in [3.8, 4) is 0 Å². The average Bonchev–Trinajstić information content (AvgIpc) is 2.30. The lowest BCUT2D eigenvalue weighted by atomic mass is 10.2. The zero-order chi connectivity index (χ0) is 10.7. The lowest BCUT2D eigenvalue weighted by molar-refractivity contribution is 0.210. The summed E-state index contributed by atoms with van der Waals surface area (Å²) in [6.45, 7) is 0. The monoisotopic (exact) mass is 221 g/mol. The number of nitrogens with zero attached hydrogens (tertiary/aromatic N) is 3. The fraction of sp³-hybridized carbons (Fsp3) is 0.100. The highest BCUT2D eigenvalue weighted by atomic mass is 35.5. The molecule has 0 aromatic carbocycles. The van der Waals surface area contributed by atoms with E-state index >= 15 is 0 Å². The minimum absolute atomic E-state index is 0.389. The van der Waals surface area contributed by atoms with E-state index in [4.69, 9.17) is 11.6 Å². The first-order chi connectivity index (χ1) is 7.29. The van der Waals surface area contributed by atoms with Crippen LogP contribution in [0, 0.1) is 0 Å². The summed E-state index contributed by atoms with van der Waals surface area (Å²) in [5, 5.41) is 10.3. The number of pyridine rings is 1. The van der Waals surface area contributed by atoms with Gasteiger partial charge in [-0.1, -0.05) is 11.6 Å². The molecule has 2 heterocycles. The zero-order valence-corrected chi connectivity index (χ0v) is 8.46. The molecule has 0 amide bonds. The van der Waals surface area contributed by atoms with Gasteiger partial charge in [-0.2, -0.15) is 0 Å². The van der Waals surface area contributed by atoms with Crippen LogP contribution in [0.15, 0.2) is 36.9 Å². The maximum absolute atomic E-state index is 9.92. The highest BCUT2D eigenvalue weighted by molar-refractivity contribution is 6.31. The van der Waals surface area contributed by atoms with E-state index in [0.29, 0.717) is 16.4 Å². The van der Waals surface area contributed by atoms with Gasteiger partial charge in [0.2, 0.25) is 0 Å². The summed E-state index contributed by atoms with van der Waals surface area (Å²) in [7, 11) is 0. The second kappa shape index (κ2) is 4.33. The Morgan fingerprint density at radius 3 is 2.73 bits per heavy atom. The van der Waals surface area contributed by atoms with E-state index in [0.717, 1.165) is 0 Å². The van der Waals surface area contributed by atoms with Crippen LogP contribution in [-0.2, 0) is 0 Å². The van der Waals surface area contributed by atoms with E-state index < -0.39 is 6.10 Å². The largest absolute Gasteiger partial charge is 0.380 e. The van der Waals surface area contributed by atoms with Crippen LogP contribution >= 0.6 is 11.6 Å². The van der Waals surface area contributed by atoms with Gasteiger partial charge in [-0.3, -0.25) is 15.0 Å². The van der Waals surface area contributed by atoms with Crippen LogP contribution < -0.4 is 0 Å². The summed E-state index contributed by atoms with van der Waals surface area (Å²) in [5.74, 6) is 0. The van der Waals surface area contributed by atoms with Crippen molar-refractivity contribution >= 4 is 11.6 Å². The third kappa shape index (κ3) is 2.11. The fourth-order valence-electron chi connectivity index (χ4n) is 1.19. The summed E-state index contributed by atoms with van der Waals surface area (Å²) < 4.78 is 0. The van der Waals surface area contributed by atoms with Gasteiger partial charge >= 0.3 is 0 Å². The predicted molar refractivity (Wildman–Crippen MR) is 55.3 cm³/mol. The Bertz CT molecular complexity index is 449. The Labute approximate surface area is 91.6 Å². The van der Waals surface area contributed by atoms with Crippen LogP contribution in [-0.4, -0.2) is 20.1 Å². The number of hydrogen-bond acceptors (Lipinski definition) is 4. The Kier molecular flexibility index (Phi) is 2.89. The van der Waals surface area contributed by atoms with Crippen LogP contribution in [0.5, 0.6) is 0 Å². The summed E-state index contributed by atoms with van der Waals surface area (Å²) in [4.78, 5) is 11.9. The van der Waals surface area contributed by atoms with Gasteiger partial charge in [-0.25, -0.2) is 0 Å². The lowest BCUT2D eigenvalue weighted by Gasteiger charge is -2.09. The quantitative estimate of drug-likeness (QED) is 0.837. The van der Waals surface area contributed by atoms with Crippen LogP contribution in [0.4, 0.5) is 0 Å². The summed E-state index contributed by atoms with van der Waals surface area (Å²) in [6.07, 6.45) is 5.16.